The van der Waals surface area contributed by atoms with Crippen molar-refractivity contribution in [2.75, 3.05) is 12.4 Å². The number of hydrogen-bond donors (Lipinski definition) is 2. The molecule has 86 valence electrons. The van der Waals surface area contributed by atoms with Crippen LogP contribution in [-0.4, -0.2) is 17.7 Å². The van der Waals surface area contributed by atoms with Crippen molar-refractivity contribution in [1.82, 2.24) is 4.98 Å². The molecular weight excluding hydrogens is 278 g/mol. The predicted molar refractivity (Wildman–Crippen MR) is 73.9 cm³/mol. The third-order valence-electron chi connectivity index (χ3n) is 2.47. The van der Waals surface area contributed by atoms with Gasteiger partial charge in [0, 0.05) is 40.7 Å². The minimum Gasteiger partial charge on any atom is -0.388 e. The highest BCUT2D eigenvalue weighted by Gasteiger charge is 2.09. The van der Waals surface area contributed by atoms with Crippen molar-refractivity contribution >= 4 is 27.3 Å². The SMILES string of the molecule is CNc1ccc(Br)cc1C(=N)c1cccnc1. The Morgan fingerprint density at radius 2 is 2.18 bits per heavy atom. The van der Waals surface area contributed by atoms with Crippen LogP contribution in [0.1, 0.15) is 11.1 Å². The van der Waals surface area contributed by atoms with E-state index in [2.05, 4.69) is 26.2 Å². The third kappa shape index (κ3) is 2.53. The average molecular weight is 290 g/mol. The molecule has 1 aromatic heterocycles. The molecule has 0 fully saturated rings. The number of nitrogens with one attached hydrogen (secondary N) is 2. The van der Waals surface area contributed by atoms with Crippen molar-refractivity contribution < 1.29 is 0 Å². The second-order valence-electron chi connectivity index (χ2n) is 3.56. The van der Waals surface area contributed by atoms with Gasteiger partial charge in [-0.05, 0) is 30.3 Å². The molecule has 3 nitrogen and oxygen atoms in total. The predicted octanol–water partition coefficient (Wildman–Crippen LogP) is 3.30. The molecule has 2 aromatic rings. The fourth-order valence-corrected chi connectivity index (χ4v) is 1.97. The number of rotatable bonds is 3. The van der Waals surface area contributed by atoms with Crippen LogP contribution in [0.4, 0.5) is 5.69 Å². The van der Waals surface area contributed by atoms with E-state index in [-0.39, 0.29) is 0 Å². The van der Waals surface area contributed by atoms with E-state index in [9.17, 15) is 0 Å². The van der Waals surface area contributed by atoms with E-state index >= 15 is 0 Å². The van der Waals surface area contributed by atoms with Crippen molar-refractivity contribution in [3.63, 3.8) is 0 Å². The van der Waals surface area contributed by atoms with E-state index in [1.165, 1.54) is 0 Å². The van der Waals surface area contributed by atoms with E-state index in [1.807, 2.05) is 37.4 Å². The molecule has 2 rings (SSSR count). The topological polar surface area (TPSA) is 48.8 Å². The summed E-state index contributed by atoms with van der Waals surface area (Å²) in [5.74, 6) is 0. The van der Waals surface area contributed by atoms with Crippen molar-refractivity contribution in [1.29, 1.82) is 5.41 Å². The summed E-state index contributed by atoms with van der Waals surface area (Å²) < 4.78 is 0.958. The van der Waals surface area contributed by atoms with E-state index < -0.39 is 0 Å². The number of pyridine rings is 1. The Morgan fingerprint density at radius 1 is 1.35 bits per heavy atom. The number of hydrogen-bond acceptors (Lipinski definition) is 3. The minimum atomic E-state index is 0.462. The van der Waals surface area contributed by atoms with E-state index in [1.54, 1.807) is 12.4 Å². The Labute approximate surface area is 109 Å². The van der Waals surface area contributed by atoms with Gasteiger partial charge in [-0.3, -0.25) is 10.4 Å². The zero-order chi connectivity index (χ0) is 12.3. The lowest BCUT2D eigenvalue weighted by atomic mass is 10.0. The molecule has 2 N–H and O–H groups in total. The Morgan fingerprint density at radius 3 is 2.82 bits per heavy atom. The van der Waals surface area contributed by atoms with Gasteiger partial charge in [0.2, 0.25) is 0 Å². The van der Waals surface area contributed by atoms with Crippen LogP contribution in [0.5, 0.6) is 0 Å². The maximum absolute atomic E-state index is 8.21. The first-order valence-electron chi connectivity index (χ1n) is 5.19. The van der Waals surface area contributed by atoms with Crippen molar-refractivity contribution in [3.8, 4) is 0 Å². The minimum absolute atomic E-state index is 0.462. The summed E-state index contributed by atoms with van der Waals surface area (Å²) in [6.45, 7) is 0. The molecular formula is C13H12BrN3. The molecule has 0 atom stereocenters. The summed E-state index contributed by atoms with van der Waals surface area (Å²) in [7, 11) is 1.85. The van der Waals surface area contributed by atoms with Crippen molar-refractivity contribution in [2.24, 2.45) is 0 Å². The van der Waals surface area contributed by atoms with Crippen LogP contribution in [-0.2, 0) is 0 Å². The second-order valence-corrected chi connectivity index (χ2v) is 4.47. The van der Waals surface area contributed by atoms with Crippen LogP contribution < -0.4 is 5.32 Å². The van der Waals surface area contributed by atoms with Gasteiger partial charge in [-0.15, -0.1) is 0 Å². The second kappa shape index (κ2) is 5.10. The van der Waals surface area contributed by atoms with Gasteiger partial charge in [-0.2, -0.15) is 0 Å². The van der Waals surface area contributed by atoms with Gasteiger partial charge < -0.3 is 5.32 Å². The molecule has 0 aliphatic rings. The zero-order valence-corrected chi connectivity index (χ0v) is 11.0. The van der Waals surface area contributed by atoms with Gasteiger partial charge in [0.15, 0.2) is 0 Å². The molecule has 1 heterocycles. The summed E-state index contributed by atoms with van der Waals surface area (Å²) in [6, 6.07) is 9.55. The molecule has 17 heavy (non-hydrogen) atoms. The maximum Gasteiger partial charge on any atom is 0.0721 e. The average Bonchev–Trinajstić information content (AvgIpc) is 2.39. The number of anilines is 1. The highest BCUT2D eigenvalue weighted by Crippen LogP contribution is 2.23. The largest absolute Gasteiger partial charge is 0.388 e. The maximum atomic E-state index is 8.21. The highest BCUT2D eigenvalue weighted by molar-refractivity contribution is 9.10. The highest BCUT2D eigenvalue weighted by atomic mass is 79.9. The first-order chi connectivity index (χ1) is 8.22. The third-order valence-corrected chi connectivity index (χ3v) is 2.96. The fraction of sp³-hybridized carbons (Fsp3) is 0.0769. The Balaban J connectivity index is 2.47. The molecule has 0 unspecified atom stereocenters. The number of nitrogens with zero attached hydrogens (tertiary/aromatic N) is 1. The van der Waals surface area contributed by atoms with Gasteiger partial charge >= 0.3 is 0 Å². The molecule has 0 saturated carbocycles. The summed E-state index contributed by atoms with van der Waals surface area (Å²) in [6.07, 6.45) is 3.40. The summed E-state index contributed by atoms with van der Waals surface area (Å²) in [5, 5.41) is 11.3. The summed E-state index contributed by atoms with van der Waals surface area (Å²) in [4.78, 5) is 4.04. The monoisotopic (exact) mass is 289 g/mol. The van der Waals surface area contributed by atoms with Gasteiger partial charge in [0.05, 0.1) is 5.71 Å². The molecule has 0 saturated heterocycles. The Hall–Kier alpha value is -1.68. The van der Waals surface area contributed by atoms with Crippen LogP contribution in [0.15, 0.2) is 47.2 Å². The summed E-state index contributed by atoms with van der Waals surface area (Å²) >= 11 is 3.43. The van der Waals surface area contributed by atoms with Crippen LogP contribution in [0.2, 0.25) is 0 Å². The number of benzene rings is 1. The summed E-state index contributed by atoms with van der Waals surface area (Å²) in [5.41, 5.74) is 3.06. The van der Waals surface area contributed by atoms with Crippen molar-refractivity contribution in [2.45, 2.75) is 0 Å². The molecule has 0 spiro atoms. The van der Waals surface area contributed by atoms with Crippen LogP contribution in [0.25, 0.3) is 0 Å². The zero-order valence-electron chi connectivity index (χ0n) is 9.37. The van der Waals surface area contributed by atoms with Crippen LogP contribution in [0, 0.1) is 5.41 Å². The van der Waals surface area contributed by atoms with E-state index in [0.29, 0.717) is 5.71 Å². The van der Waals surface area contributed by atoms with Gasteiger partial charge in [0.1, 0.15) is 0 Å². The standard InChI is InChI=1S/C13H12BrN3/c1-16-12-5-4-10(14)7-11(12)13(15)9-3-2-6-17-8-9/h2-8,15-16H,1H3. The normalized spacial score (nSPS) is 10.0. The van der Waals surface area contributed by atoms with E-state index in [4.69, 9.17) is 5.41 Å². The Kier molecular flexibility index (Phi) is 3.54. The molecule has 1 aromatic carbocycles. The Bertz CT molecular complexity index is 538. The molecule has 4 heteroatoms. The van der Waals surface area contributed by atoms with Gasteiger partial charge in [-0.1, -0.05) is 15.9 Å². The molecule has 0 amide bonds. The molecule has 0 aliphatic heterocycles. The first kappa shape index (κ1) is 11.8. The molecule has 0 aliphatic carbocycles. The van der Waals surface area contributed by atoms with Crippen molar-refractivity contribution in [3.05, 3.63) is 58.3 Å². The fourth-order valence-electron chi connectivity index (χ4n) is 1.61. The van der Waals surface area contributed by atoms with Crippen LogP contribution >= 0.6 is 15.9 Å². The lowest BCUT2D eigenvalue weighted by Crippen LogP contribution is -2.05. The molecule has 0 bridgehead atoms. The quantitative estimate of drug-likeness (QED) is 0.852. The van der Waals surface area contributed by atoms with Gasteiger partial charge in [0.25, 0.3) is 0 Å². The van der Waals surface area contributed by atoms with Gasteiger partial charge in [-0.25, -0.2) is 0 Å². The number of aromatic nitrogens is 1. The lowest BCUT2D eigenvalue weighted by Gasteiger charge is -2.10. The van der Waals surface area contributed by atoms with E-state index in [0.717, 1.165) is 21.3 Å². The smallest absolute Gasteiger partial charge is 0.0721 e. The number of halogens is 1. The lowest BCUT2D eigenvalue weighted by molar-refractivity contribution is 1.30. The first-order valence-corrected chi connectivity index (χ1v) is 5.98. The van der Waals surface area contributed by atoms with Crippen LogP contribution in [0.3, 0.4) is 0 Å². The molecule has 0 radical (unpaired) electrons.